The van der Waals surface area contributed by atoms with E-state index in [-0.39, 0.29) is 35.4 Å². The van der Waals surface area contributed by atoms with Crippen molar-refractivity contribution in [3.63, 3.8) is 0 Å². The molecule has 140 valence electrons. The molecule has 6 heteroatoms. The number of allylic oxidation sites excluding steroid dienone is 1. The van der Waals surface area contributed by atoms with Crippen LogP contribution in [0.4, 0.5) is 0 Å². The lowest BCUT2D eigenvalue weighted by atomic mass is 9.47. The molecule has 0 aliphatic heterocycles. The van der Waals surface area contributed by atoms with Crippen LogP contribution in [0.15, 0.2) is 11.6 Å². The van der Waals surface area contributed by atoms with Gasteiger partial charge in [0.15, 0.2) is 5.78 Å². The summed E-state index contributed by atoms with van der Waals surface area (Å²) in [7, 11) is -4.97. The van der Waals surface area contributed by atoms with Crippen molar-refractivity contribution >= 4 is 16.2 Å². The fraction of sp³-hybridized carbons (Fsp3) is 0.842. The second-order valence-corrected chi connectivity index (χ2v) is 9.67. The average molecular weight is 372 g/mol. The van der Waals surface area contributed by atoms with E-state index in [2.05, 4.69) is 6.92 Å². The second kappa shape index (κ2) is 5.64. The largest absolute Gasteiger partial charge is 0.397 e. The Morgan fingerprint density at radius 1 is 1.24 bits per heavy atom. The third-order valence-electron chi connectivity index (χ3n) is 7.54. The van der Waals surface area contributed by atoms with Gasteiger partial charge in [0.1, 0.15) is 0 Å². The topological polar surface area (TPSA) is 80.7 Å². The second-order valence-electron chi connectivity index (χ2n) is 8.65. The standard InChI is InChI=1S/C19H28O5S/c1-18-9-7-13(20)11-12(18)3-4-14-15-5-6-17(24-25(21,22)23)19(15,2)10-8-16(14)18/h11,14-17H,3-10H2,1-2H3,(H,21,22,23)/t14-,15-,16-,17+,18-,19-/m0/s1/i6D2,17D. The van der Waals surface area contributed by atoms with Crippen molar-refractivity contribution in [2.24, 2.45) is 28.6 Å². The molecule has 0 unspecified atom stereocenters. The Morgan fingerprint density at radius 2 is 2.00 bits per heavy atom. The molecule has 1 N–H and O–H groups in total. The zero-order chi connectivity index (χ0) is 20.8. The van der Waals surface area contributed by atoms with E-state index in [1.807, 2.05) is 0 Å². The molecule has 5 nitrogen and oxygen atoms in total. The van der Waals surface area contributed by atoms with Crippen LogP contribution in [0.3, 0.4) is 0 Å². The first-order chi connectivity index (χ1) is 12.7. The Labute approximate surface area is 154 Å². The third-order valence-corrected chi connectivity index (χ3v) is 7.92. The fourth-order valence-corrected chi connectivity index (χ4v) is 6.63. The van der Waals surface area contributed by atoms with Crippen molar-refractivity contribution in [2.75, 3.05) is 0 Å². The summed E-state index contributed by atoms with van der Waals surface area (Å²) in [4.78, 5) is 11.9. The number of hydrogen-bond donors (Lipinski definition) is 1. The molecule has 3 fully saturated rings. The Balaban J connectivity index is 1.74. The lowest BCUT2D eigenvalue weighted by molar-refractivity contribution is -0.117. The summed E-state index contributed by atoms with van der Waals surface area (Å²) in [5.41, 5.74) is 0.0818. The van der Waals surface area contributed by atoms with Gasteiger partial charge >= 0.3 is 10.4 Å². The predicted molar refractivity (Wildman–Crippen MR) is 93.1 cm³/mol. The number of carbonyl (C=O) groups excluding carboxylic acids is 1. The summed E-state index contributed by atoms with van der Waals surface area (Å²) in [6.07, 6.45) is 1.37. The van der Waals surface area contributed by atoms with E-state index in [4.69, 9.17) is 8.30 Å². The Bertz CT molecular complexity index is 856. The van der Waals surface area contributed by atoms with Gasteiger partial charge < -0.3 is 0 Å². The minimum atomic E-state index is -4.97. The first-order valence-corrected chi connectivity index (χ1v) is 10.5. The van der Waals surface area contributed by atoms with E-state index in [0.717, 1.165) is 25.7 Å². The Morgan fingerprint density at radius 3 is 2.72 bits per heavy atom. The van der Waals surface area contributed by atoms with Crippen LogP contribution < -0.4 is 0 Å². The highest BCUT2D eigenvalue weighted by atomic mass is 32.3. The van der Waals surface area contributed by atoms with Gasteiger partial charge in [0.05, 0.1) is 7.45 Å². The van der Waals surface area contributed by atoms with Gasteiger partial charge in [0.25, 0.3) is 0 Å². The van der Waals surface area contributed by atoms with Gasteiger partial charge in [-0.2, -0.15) is 8.42 Å². The maximum absolute atomic E-state index is 11.9. The fourth-order valence-electron chi connectivity index (χ4n) is 6.17. The van der Waals surface area contributed by atoms with Gasteiger partial charge in [0, 0.05) is 9.16 Å². The van der Waals surface area contributed by atoms with Crippen LogP contribution in [0.1, 0.15) is 69.3 Å². The van der Waals surface area contributed by atoms with Crippen molar-refractivity contribution < 1.29 is 26.1 Å². The van der Waals surface area contributed by atoms with Crippen molar-refractivity contribution in [3.8, 4) is 0 Å². The summed E-state index contributed by atoms with van der Waals surface area (Å²) in [5.74, 6) is 0.385. The number of carbonyl (C=O) groups is 1. The molecule has 4 aliphatic rings. The van der Waals surface area contributed by atoms with Crippen molar-refractivity contribution in [2.45, 2.75) is 71.2 Å². The van der Waals surface area contributed by atoms with E-state index in [9.17, 15) is 17.8 Å². The monoisotopic (exact) mass is 371 g/mol. The first-order valence-electron chi connectivity index (χ1n) is 10.7. The van der Waals surface area contributed by atoms with E-state index in [0.29, 0.717) is 12.8 Å². The van der Waals surface area contributed by atoms with E-state index >= 15 is 0 Å². The maximum Gasteiger partial charge on any atom is 0.397 e. The maximum atomic E-state index is 11.9. The van der Waals surface area contributed by atoms with Crippen molar-refractivity contribution in [1.82, 2.24) is 0 Å². The highest BCUT2D eigenvalue weighted by Crippen LogP contribution is 2.65. The highest BCUT2D eigenvalue weighted by Gasteiger charge is 2.59. The molecular weight excluding hydrogens is 340 g/mol. The van der Waals surface area contributed by atoms with Crippen LogP contribution >= 0.6 is 0 Å². The molecule has 0 aromatic carbocycles. The molecule has 4 rings (SSSR count). The normalized spacial score (nSPS) is 53.6. The molecule has 25 heavy (non-hydrogen) atoms. The molecule has 0 heterocycles. The van der Waals surface area contributed by atoms with Crippen LogP contribution in [0.2, 0.25) is 0 Å². The zero-order valence-corrected chi connectivity index (χ0v) is 15.6. The van der Waals surface area contributed by atoms with Crippen molar-refractivity contribution in [3.05, 3.63) is 11.6 Å². The summed E-state index contributed by atoms with van der Waals surface area (Å²) < 4.78 is 62.5. The molecule has 0 aromatic rings. The molecule has 4 aliphatic carbocycles. The van der Waals surface area contributed by atoms with Gasteiger partial charge in [-0.15, -0.1) is 0 Å². The van der Waals surface area contributed by atoms with Crippen LogP contribution in [0.25, 0.3) is 0 Å². The van der Waals surface area contributed by atoms with E-state index in [1.54, 1.807) is 13.0 Å². The summed E-state index contributed by atoms with van der Waals surface area (Å²) in [5, 5.41) is 0. The zero-order valence-electron chi connectivity index (χ0n) is 17.7. The van der Waals surface area contributed by atoms with E-state index in [1.165, 1.54) is 5.57 Å². The van der Waals surface area contributed by atoms with Crippen LogP contribution in [-0.4, -0.2) is 24.8 Å². The number of hydrogen-bond acceptors (Lipinski definition) is 4. The molecular formula is C19H28O5S. The molecule has 0 radical (unpaired) electrons. The predicted octanol–water partition coefficient (Wildman–Crippen LogP) is 3.71. The SMILES string of the molecule is [2H]C1([2H])C[C@H]2[C@@H]3CCC4=CC(=O)CC[C@]4(C)[C@H]3CC[C@]2(C)[C@]1([2H])OS(=O)(=O)O. The van der Waals surface area contributed by atoms with Gasteiger partial charge in [-0.25, -0.2) is 4.18 Å². The average Bonchev–Trinajstić information content (AvgIpc) is 2.70. The summed E-state index contributed by atoms with van der Waals surface area (Å²) in [6.45, 7) is 3.95. The Kier molecular flexibility index (Phi) is 3.24. The molecule has 6 atom stereocenters. The van der Waals surface area contributed by atoms with Gasteiger partial charge in [-0.1, -0.05) is 19.4 Å². The lowest BCUT2D eigenvalue weighted by Gasteiger charge is -2.57. The molecule has 0 aromatic heterocycles. The lowest BCUT2D eigenvalue weighted by Crippen LogP contribution is -2.51. The number of ketones is 1. The van der Waals surface area contributed by atoms with Gasteiger partial charge in [0.2, 0.25) is 0 Å². The van der Waals surface area contributed by atoms with Crippen LogP contribution in [0, 0.1) is 28.6 Å². The van der Waals surface area contributed by atoms with Crippen molar-refractivity contribution in [1.29, 1.82) is 0 Å². The number of fused-ring (bicyclic) bond motifs is 5. The van der Waals surface area contributed by atoms with Crippen LogP contribution in [-0.2, 0) is 19.4 Å². The van der Waals surface area contributed by atoms with Gasteiger partial charge in [-0.3, -0.25) is 9.35 Å². The molecule has 3 saturated carbocycles. The van der Waals surface area contributed by atoms with Crippen LogP contribution in [0.5, 0.6) is 0 Å². The first kappa shape index (κ1) is 14.4. The summed E-state index contributed by atoms with van der Waals surface area (Å²) in [6, 6.07) is 0. The minimum absolute atomic E-state index is 0.0394. The van der Waals surface area contributed by atoms with E-state index < -0.39 is 28.3 Å². The summed E-state index contributed by atoms with van der Waals surface area (Å²) >= 11 is 0. The minimum Gasteiger partial charge on any atom is -0.295 e. The smallest absolute Gasteiger partial charge is 0.295 e. The quantitative estimate of drug-likeness (QED) is 0.749. The third kappa shape index (κ3) is 2.72. The Hall–Kier alpha value is -0.720. The van der Waals surface area contributed by atoms with Gasteiger partial charge in [-0.05, 0) is 79.6 Å². The molecule has 0 spiro atoms. The molecule has 0 bridgehead atoms. The molecule has 0 saturated heterocycles. The molecule has 0 amide bonds. The number of rotatable bonds is 2. The highest BCUT2D eigenvalue weighted by molar-refractivity contribution is 7.80.